The Balaban J connectivity index is 1.88. The van der Waals surface area contributed by atoms with E-state index in [0.29, 0.717) is 5.56 Å². The number of aliphatic imine (C=N–C) groups is 1. The number of thioether (sulfide) groups is 1. The van der Waals surface area contributed by atoms with Crippen LogP contribution in [0, 0.1) is 11.3 Å². The Kier molecular flexibility index (Phi) is 3.77. The maximum absolute atomic E-state index is 8.82. The molecule has 2 aromatic carbocycles. The molecule has 0 N–H and O–H groups in total. The molecule has 0 aromatic heterocycles. The first kappa shape index (κ1) is 13.2. The summed E-state index contributed by atoms with van der Waals surface area (Å²) in [5.74, 6) is 0.909. The summed E-state index contributed by atoms with van der Waals surface area (Å²) in [7, 11) is 0. The van der Waals surface area contributed by atoms with Crippen molar-refractivity contribution in [2.45, 2.75) is 6.04 Å². The molecule has 1 aliphatic rings. The van der Waals surface area contributed by atoms with Gasteiger partial charge in [-0.2, -0.15) is 5.26 Å². The highest BCUT2D eigenvalue weighted by Crippen LogP contribution is 2.34. The molecular weight excluding hydrogens is 288 g/mol. The van der Waals surface area contributed by atoms with E-state index < -0.39 is 0 Å². The van der Waals surface area contributed by atoms with Crippen LogP contribution in [0.15, 0.2) is 53.5 Å². The third-order valence-electron chi connectivity index (χ3n) is 3.18. The molecule has 2 aromatic rings. The number of nitriles is 1. The number of nitrogens with zero attached hydrogens (tertiary/aromatic N) is 2. The van der Waals surface area contributed by atoms with Crippen LogP contribution in [0.1, 0.15) is 22.7 Å². The van der Waals surface area contributed by atoms with Gasteiger partial charge in [0, 0.05) is 11.3 Å². The van der Waals surface area contributed by atoms with Crippen molar-refractivity contribution in [3.8, 4) is 6.07 Å². The zero-order valence-corrected chi connectivity index (χ0v) is 12.2. The highest BCUT2D eigenvalue weighted by Gasteiger charge is 2.22. The van der Waals surface area contributed by atoms with Crippen molar-refractivity contribution in [2.24, 2.45) is 4.99 Å². The van der Waals surface area contributed by atoms with E-state index in [9.17, 15) is 0 Å². The van der Waals surface area contributed by atoms with Gasteiger partial charge in [0.25, 0.3) is 0 Å². The van der Waals surface area contributed by atoms with Crippen LogP contribution in [0.4, 0.5) is 0 Å². The van der Waals surface area contributed by atoms with Crippen LogP contribution in [-0.4, -0.2) is 10.8 Å². The Morgan fingerprint density at radius 3 is 2.60 bits per heavy atom. The average Bonchev–Trinajstić information content (AvgIpc) is 2.97. The van der Waals surface area contributed by atoms with Crippen molar-refractivity contribution < 1.29 is 0 Å². The van der Waals surface area contributed by atoms with Gasteiger partial charge < -0.3 is 0 Å². The first-order chi connectivity index (χ1) is 9.78. The lowest BCUT2D eigenvalue weighted by atomic mass is 10.1. The zero-order valence-electron chi connectivity index (χ0n) is 10.6. The van der Waals surface area contributed by atoms with Crippen molar-refractivity contribution in [3.05, 3.63) is 70.2 Å². The predicted octanol–water partition coefficient (Wildman–Crippen LogP) is 4.45. The van der Waals surface area contributed by atoms with Crippen LogP contribution in [0.3, 0.4) is 0 Å². The molecule has 0 radical (unpaired) electrons. The summed E-state index contributed by atoms with van der Waals surface area (Å²) in [5, 5.41) is 10.5. The number of halogens is 1. The van der Waals surface area contributed by atoms with Crippen LogP contribution in [0.2, 0.25) is 5.02 Å². The number of hydrogen-bond acceptors (Lipinski definition) is 3. The molecule has 20 heavy (non-hydrogen) atoms. The van der Waals surface area contributed by atoms with E-state index in [1.54, 1.807) is 11.8 Å². The van der Waals surface area contributed by atoms with Crippen molar-refractivity contribution in [2.75, 3.05) is 5.75 Å². The van der Waals surface area contributed by atoms with Crippen LogP contribution in [0.5, 0.6) is 0 Å². The van der Waals surface area contributed by atoms with E-state index in [0.717, 1.165) is 26.9 Å². The van der Waals surface area contributed by atoms with E-state index in [4.69, 9.17) is 21.9 Å². The standard InChI is InChI=1S/C16H11ClN2S/c17-14-4-2-1-3-13(14)16-19-15(10-20-16)12-7-5-11(9-18)6-8-12/h1-8,15H,10H2. The molecule has 3 rings (SSSR count). The minimum atomic E-state index is 0.138. The number of hydrogen-bond donors (Lipinski definition) is 0. The normalized spacial score (nSPS) is 17.6. The summed E-state index contributed by atoms with van der Waals surface area (Å²) >= 11 is 7.93. The molecule has 1 aliphatic heterocycles. The molecule has 0 saturated heterocycles. The van der Waals surface area contributed by atoms with Crippen LogP contribution in [0.25, 0.3) is 0 Å². The van der Waals surface area contributed by atoms with Gasteiger partial charge in [0.2, 0.25) is 0 Å². The van der Waals surface area contributed by atoms with Gasteiger partial charge in [0.1, 0.15) is 5.04 Å². The number of rotatable bonds is 2. The van der Waals surface area contributed by atoms with Crippen molar-refractivity contribution in [1.82, 2.24) is 0 Å². The quantitative estimate of drug-likeness (QED) is 0.821. The van der Waals surface area contributed by atoms with Gasteiger partial charge in [-0.3, -0.25) is 4.99 Å². The van der Waals surface area contributed by atoms with Gasteiger partial charge in [0.15, 0.2) is 0 Å². The van der Waals surface area contributed by atoms with Crippen LogP contribution >= 0.6 is 23.4 Å². The average molecular weight is 299 g/mol. The van der Waals surface area contributed by atoms with Crippen molar-refractivity contribution in [1.29, 1.82) is 5.26 Å². The summed E-state index contributed by atoms with van der Waals surface area (Å²) < 4.78 is 0. The van der Waals surface area contributed by atoms with Crippen LogP contribution < -0.4 is 0 Å². The predicted molar refractivity (Wildman–Crippen MR) is 84.3 cm³/mol. The lowest BCUT2D eigenvalue weighted by Crippen LogP contribution is -1.94. The molecule has 98 valence electrons. The number of benzene rings is 2. The molecule has 0 spiro atoms. The van der Waals surface area contributed by atoms with Gasteiger partial charge >= 0.3 is 0 Å². The van der Waals surface area contributed by atoms with Gasteiger partial charge in [-0.1, -0.05) is 41.9 Å². The van der Waals surface area contributed by atoms with Gasteiger partial charge in [-0.15, -0.1) is 11.8 Å². The highest BCUT2D eigenvalue weighted by molar-refractivity contribution is 8.14. The van der Waals surface area contributed by atoms with Gasteiger partial charge in [-0.05, 0) is 23.8 Å². The monoisotopic (exact) mass is 298 g/mol. The minimum Gasteiger partial charge on any atom is -0.269 e. The minimum absolute atomic E-state index is 0.138. The molecule has 4 heteroatoms. The van der Waals surface area contributed by atoms with E-state index in [1.165, 1.54) is 0 Å². The van der Waals surface area contributed by atoms with E-state index in [2.05, 4.69) is 6.07 Å². The van der Waals surface area contributed by atoms with E-state index in [1.807, 2.05) is 48.5 Å². The highest BCUT2D eigenvalue weighted by atomic mass is 35.5. The summed E-state index contributed by atoms with van der Waals surface area (Å²) in [5.41, 5.74) is 2.81. The Hall–Kier alpha value is -1.76. The molecule has 1 unspecified atom stereocenters. The Bertz CT molecular complexity index is 701. The summed E-state index contributed by atoms with van der Waals surface area (Å²) in [6.07, 6.45) is 0. The maximum atomic E-state index is 8.82. The summed E-state index contributed by atoms with van der Waals surface area (Å²) in [4.78, 5) is 4.76. The molecule has 1 atom stereocenters. The Morgan fingerprint density at radius 2 is 1.90 bits per heavy atom. The molecule has 2 nitrogen and oxygen atoms in total. The van der Waals surface area contributed by atoms with Crippen molar-refractivity contribution >= 4 is 28.4 Å². The lowest BCUT2D eigenvalue weighted by molar-refractivity contribution is 0.849. The molecule has 0 aliphatic carbocycles. The zero-order chi connectivity index (χ0) is 13.9. The Labute approximate surface area is 127 Å². The van der Waals surface area contributed by atoms with Crippen molar-refractivity contribution in [3.63, 3.8) is 0 Å². The summed E-state index contributed by atoms with van der Waals surface area (Å²) in [6.45, 7) is 0. The molecule has 0 fully saturated rings. The van der Waals surface area contributed by atoms with Crippen LogP contribution in [-0.2, 0) is 0 Å². The summed E-state index contributed by atoms with van der Waals surface area (Å²) in [6, 6.07) is 17.7. The molecular formula is C16H11ClN2S. The second-order valence-electron chi connectivity index (χ2n) is 4.47. The molecule has 0 bridgehead atoms. The second kappa shape index (κ2) is 5.70. The van der Waals surface area contributed by atoms with E-state index >= 15 is 0 Å². The van der Waals surface area contributed by atoms with E-state index in [-0.39, 0.29) is 6.04 Å². The molecule has 0 amide bonds. The smallest absolute Gasteiger partial charge is 0.100 e. The van der Waals surface area contributed by atoms with Gasteiger partial charge in [-0.25, -0.2) is 0 Å². The molecule has 0 saturated carbocycles. The topological polar surface area (TPSA) is 36.1 Å². The Morgan fingerprint density at radius 1 is 1.15 bits per heavy atom. The third-order valence-corrected chi connectivity index (χ3v) is 4.59. The fourth-order valence-corrected chi connectivity index (χ4v) is 3.51. The maximum Gasteiger partial charge on any atom is 0.100 e. The second-order valence-corrected chi connectivity index (χ2v) is 5.89. The first-order valence-corrected chi connectivity index (χ1v) is 7.60. The lowest BCUT2D eigenvalue weighted by Gasteiger charge is -2.05. The third kappa shape index (κ3) is 2.58. The van der Waals surface area contributed by atoms with Gasteiger partial charge in [0.05, 0.1) is 22.7 Å². The fraction of sp³-hybridized carbons (Fsp3) is 0.125. The SMILES string of the molecule is N#Cc1ccc(C2CSC(c3ccccc3Cl)=N2)cc1. The first-order valence-electron chi connectivity index (χ1n) is 6.23. The fourth-order valence-electron chi connectivity index (χ4n) is 2.11. The largest absolute Gasteiger partial charge is 0.269 e. The molecule has 1 heterocycles.